The number of nitrogens with two attached hydrogens (primary N) is 1. The molecule has 0 amide bonds. The zero-order valence-corrected chi connectivity index (χ0v) is 11.0. The maximum atomic E-state index is 11.9. The average molecular weight is 283 g/mol. The highest BCUT2D eigenvalue weighted by atomic mass is 19.3. The molecule has 0 saturated carbocycles. The number of halogens is 2. The number of aryl methyl sites for hydroxylation is 1. The van der Waals surface area contributed by atoms with Gasteiger partial charge in [0.05, 0.1) is 6.61 Å². The maximum absolute atomic E-state index is 11.9. The van der Waals surface area contributed by atoms with Gasteiger partial charge in [0, 0.05) is 17.7 Å². The van der Waals surface area contributed by atoms with Gasteiger partial charge in [-0.25, -0.2) is 8.78 Å². The summed E-state index contributed by atoms with van der Waals surface area (Å²) in [6.45, 7) is 1.44. The van der Waals surface area contributed by atoms with E-state index in [-0.39, 0.29) is 6.61 Å². The largest absolute Gasteiger partial charge is 0.399 e. The van der Waals surface area contributed by atoms with Crippen LogP contribution in [0.3, 0.4) is 0 Å². The molecule has 1 heterocycles. The van der Waals surface area contributed by atoms with Gasteiger partial charge in [-0.2, -0.15) is 4.98 Å². The molecule has 2 N–H and O–H groups in total. The van der Waals surface area contributed by atoms with Gasteiger partial charge in [-0.1, -0.05) is 5.16 Å². The third-order valence-electron chi connectivity index (χ3n) is 2.66. The zero-order chi connectivity index (χ0) is 14.5. The van der Waals surface area contributed by atoms with Crippen molar-refractivity contribution in [2.45, 2.75) is 19.8 Å². The van der Waals surface area contributed by atoms with Crippen molar-refractivity contribution in [3.05, 3.63) is 29.6 Å². The Bertz CT molecular complexity index is 572. The summed E-state index contributed by atoms with van der Waals surface area (Å²) >= 11 is 0. The molecule has 0 aliphatic rings. The molecule has 0 bridgehead atoms. The summed E-state index contributed by atoms with van der Waals surface area (Å²) in [4.78, 5) is 4.20. The van der Waals surface area contributed by atoms with Crippen LogP contribution in [-0.2, 0) is 11.2 Å². The minimum Gasteiger partial charge on any atom is -0.399 e. The van der Waals surface area contributed by atoms with Gasteiger partial charge in [0.2, 0.25) is 0 Å². The molecule has 0 atom stereocenters. The van der Waals surface area contributed by atoms with Crippen molar-refractivity contribution in [3.8, 4) is 11.5 Å². The second kappa shape index (κ2) is 6.42. The fraction of sp³-hybridized carbons (Fsp3) is 0.385. The zero-order valence-electron chi connectivity index (χ0n) is 11.0. The van der Waals surface area contributed by atoms with Crippen molar-refractivity contribution in [1.82, 2.24) is 10.1 Å². The lowest BCUT2D eigenvalue weighted by atomic mass is 10.1. The van der Waals surface area contributed by atoms with E-state index in [0.29, 0.717) is 23.8 Å². The SMILES string of the molecule is Cc1cc(N)ccc1-c1nc(CCOCC(F)F)no1. The number of nitrogens with zero attached hydrogens (tertiary/aromatic N) is 2. The van der Waals surface area contributed by atoms with Crippen molar-refractivity contribution >= 4 is 5.69 Å². The molecule has 0 aliphatic heterocycles. The minimum atomic E-state index is -2.46. The highest BCUT2D eigenvalue weighted by molar-refractivity contribution is 5.62. The number of anilines is 1. The van der Waals surface area contributed by atoms with Crippen LogP contribution in [0, 0.1) is 6.92 Å². The van der Waals surface area contributed by atoms with Crippen molar-refractivity contribution in [3.63, 3.8) is 0 Å². The van der Waals surface area contributed by atoms with Gasteiger partial charge in [0.1, 0.15) is 6.61 Å². The molecule has 1 aromatic carbocycles. The molecule has 2 aromatic rings. The van der Waals surface area contributed by atoms with Gasteiger partial charge in [-0.3, -0.25) is 0 Å². The molecule has 0 fully saturated rings. The average Bonchev–Trinajstić information content (AvgIpc) is 2.83. The van der Waals surface area contributed by atoms with Crippen LogP contribution in [0.15, 0.2) is 22.7 Å². The topological polar surface area (TPSA) is 74.2 Å². The molecule has 0 radical (unpaired) electrons. The Balaban J connectivity index is 1.98. The first-order chi connectivity index (χ1) is 9.56. The monoisotopic (exact) mass is 283 g/mol. The van der Waals surface area contributed by atoms with E-state index >= 15 is 0 Å². The molecule has 108 valence electrons. The first-order valence-electron chi connectivity index (χ1n) is 6.11. The van der Waals surface area contributed by atoms with E-state index in [1.165, 1.54) is 0 Å². The molecular formula is C13H15F2N3O2. The second-order valence-electron chi connectivity index (χ2n) is 4.31. The first kappa shape index (κ1) is 14.4. The summed E-state index contributed by atoms with van der Waals surface area (Å²) in [6, 6.07) is 5.36. The molecule has 20 heavy (non-hydrogen) atoms. The lowest BCUT2D eigenvalue weighted by molar-refractivity contribution is 0.0182. The van der Waals surface area contributed by atoms with Crippen LogP contribution in [0.4, 0.5) is 14.5 Å². The van der Waals surface area contributed by atoms with Crippen molar-refractivity contribution in [2.75, 3.05) is 18.9 Å². The summed E-state index contributed by atoms with van der Waals surface area (Å²) in [5.74, 6) is 0.803. The maximum Gasteiger partial charge on any atom is 0.261 e. The van der Waals surface area contributed by atoms with Crippen LogP contribution >= 0.6 is 0 Å². The van der Waals surface area contributed by atoms with Crippen LogP contribution in [0.5, 0.6) is 0 Å². The standard InChI is InChI=1S/C13H15F2N3O2/c1-8-6-9(16)2-3-10(8)13-17-12(18-20-13)4-5-19-7-11(14)15/h2-3,6,11H,4-5,7,16H2,1H3. The number of aromatic nitrogens is 2. The van der Waals surface area contributed by atoms with Crippen LogP contribution in [0.25, 0.3) is 11.5 Å². The molecule has 0 aliphatic carbocycles. The Morgan fingerprint density at radius 1 is 1.40 bits per heavy atom. The number of benzene rings is 1. The van der Waals surface area contributed by atoms with E-state index in [9.17, 15) is 8.78 Å². The summed E-state index contributed by atoms with van der Waals surface area (Å²) < 4.78 is 33.7. The van der Waals surface area contributed by atoms with Gasteiger partial charge in [0.15, 0.2) is 5.82 Å². The normalized spacial score (nSPS) is 11.2. The van der Waals surface area contributed by atoms with Crippen molar-refractivity contribution < 1.29 is 18.0 Å². The highest BCUT2D eigenvalue weighted by Gasteiger charge is 2.11. The molecular weight excluding hydrogens is 268 g/mol. The summed E-state index contributed by atoms with van der Waals surface area (Å²) in [7, 11) is 0. The Hall–Kier alpha value is -2.02. The van der Waals surface area contributed by atoms with Crippen LogP contribution in [0.2, 0.25) is 0 Å². The lowest BCUT2D eigenvalue weighted by Crippen LogP contribution is -2.07. The number of alkyl halides is 2. The smallest absolute Gasteiger partial charge is 0.261 e. The third kappa shape index (κ3) is 3.74. The van der Waals surface area contributed by atoms with Gasteiger partial charge < -0.3 is 15.0 Å². The van der Waals surface area contributed by atoms with Gasteiger partial charge in [0.25, 0.3) is 12.3 Å². The third-order valence-corrected chi connectivity index (χ3v) is 2.66. The Labute approximate surface area is 114 Å². The molecule has 0 unspecified atom stereocenters. The number of hydrogen-bond acceptors (Lipinski definition) is 5. The summed E-state index contributed by atoms with van der Waals surface area (Å²) in [5.41, 5.74) is 8.05. The fourth-order valence-electron chi connectivity index (χ4n) is 1.73. The lowest BCUT2D eigenvalue weighted by Gasteiger charge is -2.01. The molecule has 1 aromatic heterocycles. The van der Waals surface area contributed by atoms with Crippen molar-refractivity contribution in [1.29, 1.82) is 0 Å². The second-order valence-corrected chi connectivity index (χ2v) is 4.31. The number of rotatable bonds is 6. The molecule has 0 spiro atoms. The Kier molecular flexibility index (Phi) is 4.62. The van der Waals surface area contributed by atoms with E-state index in [2.05, 4.69) is 10.1 Å². The molecule has 2 rings (SSSR count). The Morgan fingerprint density at radius 3 is 2.90 bits per heavy atom. The van der Waals surface area contributed by atoms with Gasteiger partial charge >= 0.3 is 0 Å². The molecule has 0 saturated heterocycles. The van der Waals surface area contributed by atoms with Crippen LogP contribution in [0.1, 0.15) is 11.4 Å². The summed E-state index contributed by atoms with van der Waals surface area (Å²) in [5, 5.41) is 3.79. The first-order valence-corrected chi connectivity index (χ1v) is 6.11. The summed E-state index contributed by atoms with van der Waals surface area (Å²) in [6.07, 6.45) is -2.14. The Morgan fingerprint density at radius 2 is 2.20 bits per heavy atom. The predicted molar refractivity (Wildman–Crippen MR) is 69.4 cm³/mol. The minimum absolute atomic E-state index is 0.129. The van der Waals surface area contributed by atoms with Gasteiger partial charge in [-0.05, 0) is 30.7 Å². The van der Waals surface area contributed by atoms with Crippen molar-refractivity contribution in [2.24, 2.45) is 0 Å². The van der Waals surface area contributed by atoms with E-state index in [0.717, 1.165) is 11.1 Å². The number of nitrogen functional groups attached to an aromatic ring is 1. The fourth-order valence-corrected chi connectivity index (χ4v) is 1.73. The number of hydrogen-bond donors (Lipinski definition) is 1. The van der Waals surface area contributed by atoms with E-state index in [1.54, 1.807) is 12.1 Å². The highest BCUT2D eigenvalue weighted by Crippen LogP contribution is 2.23. The van der Waals surface area contributed by atoms with Crippen LogP contribution < -0.4 is 5.73 Å². The quantitative estimate of drug-likeness (QED) is 0.651. The van der Waals surface area contributed by atoms with Gasteiger partial charge in [-0.15, -0.1) is 0 Å². The van der Waals surface area contributed by atoms with E-state index in [1.807, 2.05) is 13.0 Å². The molecule has 5 nitrogen and oxygen atoms in total. The number of ether oxygens (including phenoxy) is 1. The van der Waals surface area contributed by atoms with E-state index in [4.69, 9.17) is 15.0 Å². The predicted octanol–water partition coefficient (Wildman–Crippen LogP) is 2.45. The van der Waals surface area contributed by atoms with Crippen LogP contribution in [-0.4, -0.2) is 29.8 Å². The molecule has 7 heteroatoms. The van der Waals surface area contributed by atoms with E-state index < -0.39 is 13.0 Å².